The van der Waals surface area contributed by atoms with E-state index in [1.54, 1.807) is 31.2 Å². The van der Waals surface area contributed by atoms with Gasteiger partial charge in [-0.05, 0) is 36.1 Å². The Kier molecular flexibility index (Phi) is 4.65. The number of benzene rings is 1. The molecule has 0 fully saturated rings. The summed E-state index contributed by atoms with van der Waals surface area (Å²) in [6, 6.07) is 10.5. The number of rotatable bonds is 5. The Bertz CT molecular complexity index is 657. The molecule has 1 atom stereocenters. The largest absolute Gasteiger partial charge is 0.367 e. The normalized spacial score (nSPS) is 13.4. The van der Waals surface area contributed by atoms with Crippen LogP contribution in [0.25, 0.3) is 0 Å². The molecule has 1 heterocycles. The molecular formula is C15H15ClN2O2S. The molecule has 0 aliphatic carbocycles. The topological polar surface area (TPSA) is 72.2 Å². The number of hydrogen-bond acceptors (Lipinski definition) is 3. The van der Waals surface area contributed by atoms with Crippen molar-refractivity contribution < 1.29 is 9.59 Å². The SMILES string of the molecule is C[C@@](NC(=O)Cc1cccs1)(C(N)=O)c1cccc(Cl)c1. The van der Waals surface area contributed by atoms with Crippen molar-refractivity contribution in [3.05, 3.63) is 57.2 Å². The summed E-state index contributed by atoms with van der Waals surface area (Å²) in [5.74, 6) is -0.900. The van der Waals surface area contributed by atoms with Crippen molar-refractivity contribution >= 4 is 34.8 Å². The summed E-state index contributed by atoms with van der Waals surface area (Å²) < 4.78 is 0. The summed E-state index contributed by atoms with van der Waals surface area (Å²) >= 11 is 7.43. The zero-order valence-electron chi connectivity index (χ0n) is 11.4. The predicted octanol–water partition coefficient (Wildman–Crippen LogP) is 2.46. The molecule has 0 saturated carbocycles. The van der Waals surface area contributed by atoms with Gasteiger partial charge in [0.05, 0.1) is 6.42 Å². The van der Waals surface area contributed by atoms with Gasteiger partial charge in [0, 0.05) is 9.90 Å². The van der Waals surface area contributed by atoms with Crippen LogP contribution in [0.5, 0.6) is 0 Å². The minimum Gasteiger partial charge on any atom is -0.367 e. The standard InChI is InChI=1S/C15H15ClN2O2S/c1-15(14(17)20,10-4-2-5-11(16)8-10)18-13(19)9-12-6-3-7-21-12/h2-8H,9H2,1H3,(H2,17,20)(H,18,19)/t15-/m0/s1. The second kappa shape index (κ2) is 6.28. The van der Waals surface area contributed by atoms with Crippen LogP contribution in [0.15, 0.2) is 41.8 Å². The maximum atomic E-state index is 12.1. The maximum absolute atomic E-state index is 12.1. The first-order chi connectivity index (χ1) is 9.91. The second-order valence-electron chi connectivity index (χ2n) is 4.80. The fourth-order valence-corrected chi connectivity index (χ4v) is 2.86. The summed E-state index contributed by atoms with van der Waals surface area (Å²) in [5.41, 5.74) is 4.75. The fourth-order valence-electron chi connectivity index (χ4n) is 1.97. The van der Waals surface area contributed by atoms with E-state index in [0.29, 0.717) is 10.6 Å². The molecule has 0 saturated heterocycles. The zero-order valence-corrected chi connectivity index (χ0v) is 13.0. The Labute approximate surface area is 131 Å². The highest BCUT2D eigenvalue weighted by atomic mass is 35.5. The molecule has 110 valence electrons. The molecule has 2 amide bonds. The molecule has 6 heteroatoms. The number of carbonyl (C=O) groups is 2. The lowest BCUT2D eigenvalue weighted by Crippen LogP contribution is -2.53. The predicted molar refractivity (Wildman–Crippen MR) is 84.2 cm³/mol. The summed E-state index contributed by atoms with van der Waals surface area (Å²) in [6.07, 6.45) is 0.209. The van der Waals surface area contributed by atoms with E-state index in [9.17, 15) is 9.59 Å². The number of amides is 2. The van der Waals surface area contributed by atoms with E-state index >= 15 is 0 Å². The van der Waals surface area contributed by atoms with E-state index < -0.39 is 11.4 Å². The second-order valence-corrected chi connectivity index (χ2v) is 6.27. The highest BCUT2D eigenvalue weighted by Crippen LogP contribution is 2.24. The van der Waals surface area contributed by atoms with Gasteiger partial charge in [-0.3, -0.25) is 9.59 Å². The van der Waals surface area contributed by atoms with Crippen LogP contribution in [-0.2, 0) is 21.5 Å². The van der Waals surface area contributed by atoms with Gasteiger partial charge in [0.15, 0.2) is 0 Å². The third-order valence-electron chi connectivity index (χ3n) is 3.20. The van der Waals surface area contributed by atoms with Gasteiger partial charge in [0.2, 0.25) is 11.8 Å². The molecule has 0 spiro atoms. The molecule has 1 aromatic carbocycles. The zero-order chi connectivity index (χ0) is 15.5. The van der Waals surface area contributed by atoms with Gasteiger partial charge in [-0.2, -0.15) is 0 Å². The molecule has 1 aromatic heterocycles. The lowest BCUT2D eigenvalue weighted by atomic mass is 9.91. The number of halogens is 1. The molecule has 2 rings (SSSR count). The lowest BCUT2D eigenvalue weighted by Gasteiger charge is -2.28. The van der Waals surface area contributed by atoms with Crippen molar-refractivity contribution in [2.45, 2.75) is 18.9 Å². The number of hydrogen-bond donors (Lipinski definition) is 2. The van der Waals surface area contributed by atoms with Crippen molar-refractivity contribution in [1.29, 1.82) is 0 Å². The Morgan fingerprint density at radius 2 is 2.10 bits per heavy atom. The average molecular weight is 323 g/mol. The van der Waals surface area contributed by atoms with Crippen molar-refractivity contribution in [3.63, 3.8) is 0 Å². The van der Waals surface area contributed by atoms with Gasteiger partial charge in [0.25, 0.3) is 0 Å². The van der Waals surface area contributed by atoms with E-state index in [1.807, 2.05) is 17.5 Å². The van der Waals surface area contributed by atoms with Gasteiger partial charge in [0.1, 0.15) is 5.54 Å². The number of primary amides is 1. The molecule has 4 nitrogen and oxygen atoms in total. The Morgan fingerprint density at radius 3 is 2.67 bits per heavy atom. The van der Waals surface area contributed by atoms with E-state index in [-0.39, 0.29) is 12.3 Å². The molecule has 0 aliphatic rings. The van der Waals surface area contributed by atoms with E-state index in [1.165, 1.54) is 11.3 Å². The van der Waals surface area contributed by atoms with Gasteiger partial charge in [-0.15, -0.1) is 11.3 Å². The van der Waals surface area contributed by atoms with Crippen molar-refractivity contribution in [3.8, 4) is 0 Å². The van der Waals surface area contributed by atoms with Crippen LogP contribution in [0.1, 0.15) is 17.4 Å². The summed E-state index contributed by atoms with van der Waals surface area (Å²) in [6.45, 7) is 1.58. The van der Waals surface area contributed by atoms with Crippen molar-refractivity contribution in [2.24, 2.45) is 5.73 Å². The molecule has 0 aliphatic heterocycles. The first-order valence-corrected chi connectivity index (χ1v) is 7.57. The van der Waals surface area contributed by atoms with E-state index in [0.717, 1.165) is 4.88 Å². The maximum Gasteiger partial charge on any atom is 0.247 e. The van der Waals surface area contributed by atoms with Crippen LogP contribution in [0.2, 0.25) is 5.02 Å². The smallest absolute Gasteiger partial charge is 0.247 e. The Morgan fingerprint density at radius 1 is 1.33 bits per heavy atom. The van der Waals surface area contributed by atoms with Crippen LogP contribution in [0, 0.1) is 0 Å². The lowest BCUT2D eigenvalue weighted by molar-refractivity contribution is -0.131. The Hall–Kier alpha value is -1.85. The van der Waals surface area contributed by atoms with Crippen molar-refractivity contribution in [2.75, 3.05) is 0 Å². The highest BCUT2D eigenvalue weighted by Gasteiger charge is 2.35. The minimum atomic E-state index is -1.29. The summed E-state index contributed by atoms with van der Waals surface area (Å²) in [5, 5.41) is 5.08. The highest BCUT2D eigenvalue weighted by molar-refractivity contribution is 7.10. The average Bonchev–Trinajstić information content (AvgIpc) is 2.91. The molecule has 0 radical (unpaired) electrons. The van der Waals surface area contributed by atoms with Gasteiger partial charge in [-0.25, -0.2) is 0 Å². The summed E-state index contributed by atoms with van der Waals surface area (Å²) in [7, 11) is 0. The number of nitrogens with two attached hydrogens (primary N) is 1. The molecular weight excluding hydrogens is 308 g/mol. The van der Waals surface area contributed by atoms with Gasteiger partial charge in [-0.1, -0.05) is 29.8 Å². The van der Waals surface area contributed by atoms with Crippen LogP contribution >= 0.6 is 22.9 Å². The van der Waals surface area contributed by atoms with E-state index in [2.05, 4.69) is 5.32 Å². The number of nitrogens with one attached hydrogen (secondary N) is 1. The fraction of sp³-hybridized carbons (Fsp3) is 0.200. The monoisotopic (exact) mass is 322 g/mol. The third-order valence-corrected chi connectivity index (χ3v) is 4.31. The van der Waals surface area contributed by atoms with Crippen LogP contribution in [-0.4, -0.2) is 11.8 Å². The molecule has 2 aromatic rings. The summed E-state index contributed by atoms with van der Waals surface area (Å²) in [4.78, 5) is 24.9. The minimum absolute atomic E-state index is 0.209. The number of thiophene rings is 1. The van der Waals surface area contributed by atoms with Crippen LogP contribution < -0.4 is 11.1 Å². The molecule has 3 N–H and O–H groups in total. The van der Waals surface area contributed by atoms with Crippen molar-refractivity contribution in [1.82, 2.24) is 5.32 Å². The Balaban J connectivity index is 2.22. The van der Waals surface area contributed by atoms with E-state index in [4.69, 9.17) is 17.3 Å². The van der Waals surface area contributed by atoms with Gasteiger partial charge >= 0.3 is 0 Å². The molecule has 0 bridgehead atoms. The first-order valence-electron chi connectivity index (χ1n) is 6.31. The van der Waals surface area contributed by atoms with Crippen LogP contribution in [0.3, 0.4) is 0 Å². The quantitative estimate of drug-likeness (QED) is 0.887. The first kappa shape index (κ1) is 15.5. The molecule has 0 unspecified atom stereocenters. The van der Waals surface area contributed by atoms with Gasteiger partial charge < -0.3 is 11.1 Å². The molecule has 21 heavy (non-hydrogen) atoms. The van der Waals surface area contributed by atoms with Crippen LogP contribution in [0.4, 0.5) is 0 Å². The number of carbonyl (C=O) groups excluding carboxylic acids is 2. The third kappa shape index (κ3) is 3.62.